The van der Waals surface area contributed by atoms with E-state index in [0.717, 1.165) is 42.9 Å². The van der Waals surface area contributed by atoms with E-state index in [9.17, 15) is 4.79 Å². The molecule has 1 N–H and O–H groups in total. The predicted molar refractivity (Wildman–Crippen MR) is 108 cm³/mol. The normalized spacial score (nSPS) is 15.7. The second kappa shape index (κ2) is 8.68. The maximum absolute atomic E-state index is 12.5. The van der Waals surface area contributed by atoms with Gasteiger partial charge in [-0.3, -0.25) is 4.90 Å². The fraction of sp³-hybridized carbons (Fsp3) is 0.611. The van der Waals surface area contributed by atoms with Gasteiger partial charge in [0.25, 0.3) is 0 Å². The summed E-state index contributed by atoms with van der Waals surface area (Å²) in [6.07, 6.45) is 0. The molecule has 0 atom stereocenters. The van der Waals surface area contributed by atoms with Gasteiger partial charge in [-0.15, -0.1) is 11.3 Å². The van der Waals surface area contributed by atoms with E-state index in [-0.39, 0.29) is 23.8 Å². The molecule has 0 amide bonds. The highest BCUT2D eigenvalue weighted by molar-refractivity contribution is 7.20. The van der Waals surface area contributed by atoms with Crippen LogP contribution in [0.3, 0.4) is 0 Å². The number of rotatable bonds is 6. The van der Waals surface area contributed by atoms with Crippen molar-refractivity contribution in [2.75, 3.05) is 50.8 Å². The topological polar surface area (TPSA) is 78.8 Å². The highest BCUT2D eigenvalue weighted by Gasteiger charge is 2.26. The third kappa shape index (κ3) is 4.51. The lowest BCUT2D eigenvalue weighted by molar-refractivity contribution is 0.0464. The Labute approximate surface area is 167 Å². The molecule has 27 heavy (non-hydrogen) atoms. The molecule has 0 radical (unpaired) electrons. The Balaban J connectivity index is 1.91. The maximum atomic E-state index is 12.5. The number of β-amino-alcohol motifs (C(OH)–C–C–N with tert-alkyl or cyclic N) is 1. The van der Waals surface area contributed by atoms with Gasteiger partial charge in [0.15, 0.2) is 0 Å². The lowest BCUT2D eigenvalue weighted by Crippen LogP contribution is -2.47. The van der Waals surface area contributed by atoms with Crippen molar-refractivity contribution in [1.29, 1.82) is 0 Å². The van der Waals surface area contributed by atoms with Gasteiger partial charge in [0.2, 0.25) is 5.28 Å². The monoisotopic (exact) mass is 412 g/mol. The van der Waals surface area contributed by atoms with Crippen LogP contribution in [0.4, 0.5) is 5.82 Å². The number of carbonyl (C=O) groups excluding carboxylic acids is 1. The number of aryl methyl sites for hydroxylation is 1. The third-order valence-corrected chi connectivity index (χ3v) is 5.90. The molecule has 0 spiro atoms. The van der Waals surface area contributed by atoms with Crippen LogP contribution in [0.15, 0.2) is 0 Å². The van der Waals surface area contributed by atoms with E-state index in [1.807, 2.05) is 20.8 Å². The van der Waals surface area contributed by atoms with Crippen molar-refractivity contribution in [2.24, 2.45) is 5.92 Å². The van der Waals surface area contributed by atoms with Crippen LogP contribution < -0.4 is 4.90 Å². The number of piperazine rings is 1. The van der Waals surface area contributed by atoms with Crippen LogP contribution in [0.25, 0.3) is 10.2 Å². The largest absolute Gasteiger partial charge is 0.461 e. The van der Waals surface area contributed by atoms with Crippen molar-refractivity contribution < 1.29 is 14.6 Å². The first-order valence-corrected chi connectivity index (χ1v) is 10.3. The fourth-order valence-electron chi connectivity index (χ4n) is 3.15. The SMILES string of the molecule is Cc1c(C(=O)OCC(C)C)sc2nc(Cl)nc(N3CCN(CCO)CC3)c12. The number of thiophene rings is 1. The van der Waals surface area contributed by atoms with Gasteiger partial charge in [-0.1, -0.05) is 13.8 Å². The zero-order chi connectivity index (χ0) is 19.6. The molecule has 3 heterocycles. The molecule has 1 aliphatic rings. The minimum Gasteiger partial charge on any atom is -0.461 e. The van der Waals surface area contributed by atoms with E-state index in [1.165, 1.54) is 11.3 Å². The molecule has 0 aliphatic carbocycles. The summed E-state index contributed by atoms with van der Waals surface area (Å²) < 4.78 is 5.40. The van der Waals surface area contributed by atoms with Crippen LogP contribution in [0.1, 0.15) is 29.1 Å². The number of fused-ring (bicyclic) bond motifs is 1. The summed E-state index contributed by atoms with van der Waals surface area (Å²) in [5.41, 5.74) is 0.841. The number of aromatic nitrogens is 2. The first-order valence-electron chi connectivity index (χ1n) is 9.12. The molecule has 0 unspecified atom stereocenters. The molecular formula is C18H25ClN4O3S. The fourth-order valence-corrected chi connectivity index (χ4v) is 4.43. The van der Waals surface area contributed by atoms with Crippen molar-refractivity contribution in [3.05, 3.63) is 15.7 Å². The smallest absolute Gasteiger partial charge is 0.348 e. The van der Waals surface area contributed by atoms with Crippen LogP contribution in [0.5, 0.6) is 0 Å². The lowest BCUT2D eigenvalue weighted by Gasteiger charge is -2.35. The third-order valence-electron chi connectivity index (χ3n) is 4.56. The molecule has 0 bridgehead atoms. The van der Waals surface area contributed by atoms with Crippen LogP contribution >= 0.6 is 22.9 Å². The lowest BCUT2D eigenvalue weighted by atomic mass is 10.2. The van der Waals surface area contributed by atoms with E-state index in [4.69, 9.17) is 21.4 Å². The van der Waals surface area contributed by atoms with Crippen molar-refractivity contribution in [3.63, 3.8) is 0 Å². The molecule has 148 valence electrons. The minimum atomic E-state index is -0.320. The van der Waals surface area contributed by atoms with E-state index >= 15 is 0 Å². The summed E-state index contributed by atoms with van der Waals surface area (Å²) in [6.45, 7) is 10.4. The Kier molecular flexibility index (Phi) is 6.52. The van der Waals surface area contributed by atoms with Crippen molar-refractivity contribution >= 4 is 44.9 Å². The number of ether oxygens (including phenoxy) is 1. The average Bonchev–Trinajstić information content (AvgIpc) is 2.96. The summed E-state index contributed by atoms with van der Waals surface area (Å²) in [5, 5.41) is 10.2. The molecule has 9 heteroatoms. The van der Waals surface area contributed by atoms with Gasteiger partial charge in [0.1, 0.15) is 15.5 Å². The second-order valence-electron chi connectivity index (χ2n) is 7.10. The van der Waals surface area contributed by atoms with Crippen LogP contribution in [-0.2, 0) is 4.74 Å². The molecule has 7 nitrogen and oxygen atoms in total. The van der Waals surface area contributed by atoms with Crippen LogP contribution in [0.2, 0.25) is 5.28 Å². The molecule has 2 aromatic rings. The summed E-state index contributed by atoms with van der Waals surface area (Å²) in [5.74, 6) is 0.730. The zero-order valence-electron chi connectivity index (χ0n) is 15.9. The first-order chi connectivity index (χ1) is 12.9. The van der Waals surface area contributed by atoms with E-state index < -0.39 is 0 Å². The van der Waals surface area contributed by atoms with Crippen LogP contribution in [-0.4, -0.2) is 71.9 Å². The molecule has 1 saturated heterocycles. The summed E-state index contributed by atoms with van der Waals surface area (Å²) in [4.78, 5) is 26.9. The van der Waals surface area contributed by atoms with Gasteiger partial charge in [-0.05, 0) is 30.0 Å². The predicted octanol–water partition coefficient (Wildman–Crippen LogP) is 2.58. The highest BCUT2D eigenvalue weighted by Crippen LogP contribution is 2.37. The molecule has 0 saturated carbocycles. The quantitative estimate of drug-likeness (QED) is 0.577. The Morgan fingerprint density at radius 1 is 1.30 bits per heavy atom. The molecular weight excluding hydrogens is 388 g/mol. The van der Waals surface area contributed by atoms with E-state index in [2.05, 4.69) is 19.8 Å². The molecule has 0 aromatic carbocycles. The Bertz CT molecular complexity index is 819. The van der Waals surface area contributed by atoms with Gasteiger partial charge in [0, 0.05) is 32.7 Å². The Morgan fingerprint density at radius 3 is 2.63 bits per heavy atom. The minimum absolute atomic E-state index is 0.162. The average molecular weight is 413 g/mol. The number of esters is 1. The second-order valence-corrected chi connectivity index (χ2v) is 8.43. The van der Waals surface area contributed by atoms with E-state index in [1.54, 1.807) is 0 Å². The van der Waals surface area contributed by atoms with Crippen molar-refractivity contribution in [2.45, 2.75) is 20.8 Å². The number of hydrogen-bond donors (Lipinski definition) is 1. The number of carbonyl (C=O) groups is 1. The van der Waals surface area contributed by atoms with Gasteiger partial charge in [0.05, 0.1) is 18.6 Å². The number of aliphatic hydroxyl groups is 1. The van der Waals surface area contributed by atoms with Gasteiger partial charge in [-0.2, -0.15) is 4.98 Å². The summed E-state index contributed by atoms with van der Waals surface area (Å²) in [6, 6.07) is 0. The number of halogens is 1. The van der Waals surface area contributed by atoms with E-state index in [0.29, 0.717) is 22.9 Å². The Hall–Kier alpha value is -1.48. The number of anilines is 1. The van der Waals surface area contributed by atoms with Crippen molar-refractivity contribution in [3.8, 4) is 0 Å². The summed E-state index contributed by atoms with van der Waals surface area (Å²) >= 11 is 7.47. The van der Waals surface area contributed by atoms with Crippen molar-refractivity contribution in [1.82, 2.24) is 14.9 Å². The number of aliphatic hydroxyl groups excluding tert-OH is 1. The Morgan fingerprint density at radius 2 is 2.00 bits per heavy atom. The highest BCUT2D eigenvalue weighted by atomic mass is 35.5. The molecule has 2 aromatic heterocycles. The van der Waals surface area contributed by atoms with Gasteiger partial charge < -0.3 is 14.7 Å². The molecule has 1 fully saturated rings. The standard InChI is InChI=1S/C18H25ClN4O3S/c1-11(2)10-26-17(25)14-12(3)13-15(20-18(19)21-16(13)27-14)23-6-4-22(5-7-23)8-9-24/h11,24H,4-10H2,1-3H3. The molecule has 1 aliphatic heterocycles. The number of hydrogen-bond acceptors (Lipinski definition) is 8. The van der Waals surface area contributed by atoms with Crippen LogP contribution in [0, 0.1) is 12.8 Å². The zero-order valence-corrected chi connectivity index (χ0v) is 17.4. The number of nitrogens with zero attached hydrogens (tertiary/aromatic N) is 4. The first kappa shape index (κ1) is 20.3. The molecule has 3 rings (SSSR count). The van der Waals surface area contributed by atoms with Gasteiger partial charge in [-0.25, -0.2) is 9.78 Å². The summed E-state index contributed by atoms with van der Waals surface area (Å²) in [7, 11) is 0. The van der Waals surface area contributed by atoms with Gasteiger partial charge >= 0.3 is 5.97 Å². The maximum Gasteiger partial charge on any atom is 0.348 e.